The van der Waals surface area contributed by atoms with Crippen molar-refractivity contribution in [2.24, 2.45) is 34.5 Å². The van der Waals surface area contributed by atoms with Crippen LogP contribution in [0.4, 0.5) is 0 Å². The zero-order valence-corrected chi connectivity index (χ0v) is 21.1. The Bertz CT molecular complexity index is 1050. The van der Waals surface area contributed by atoms with Crippen LogP contribution < -0.4 is 0 Å². The third-order valence-corrected chi connectivity index (χ3v) is 11.8. The van der Waals surface area contributed by atoms with E-state index >= 15 is 0 Å². The van der Waals surface area contributed by atoms with Gasteiger partial charge < -0.3 is 24.8 Å². The van der Waals surface area contributed by atoms with E-state index in [4.69, 9.17) is 9.47 Å². The fraction of sp³-hybridized carbons (Fsp3) is 0.786. The molecule has 2 aliphatic heterocycles. The van der Waals surface area contributed by atoms with Crippen LogP contribution in [-0.2, 0) is 19.1 Å². The van der Waals surface area contributed by atoms with Crippen LogP contribution in [0.25, 0.3) is 0 Å². The lowest BCUT2D eigenvalue weighted by Gasteiger charge is -2.62. The zero-order chi connectivity index (χ0) is 25.1. The smallest absolute Gasteiger partial charge is 0.333 e. The fourth-order valence-corrected chi connectivity index (χ4v) is 9.56. The van der Waals surface area contributed by atoms with Crippen molar-refractivity contribution < 1.29 is 34.4 Å². The Hall–Kier alpha value is -1.54. The summed E-state index contributed by atoms with van der Waals surface area (Å²) in [6.45, 7) is 7.64. The number of esters is 1. The van der Waals surface area contributed by atoms with Crippen LogP contribution in [0.1, 0.15) is 66.2 Å². The molecule has 6 aliphatic rings. The number of carbonyl (C=O) groups is 2. The molecule has 3 saturated carbocycles. The molecule has 4 aliphatic carbocycles. The van der Waals surface area contributed by atoms with Gasteiger partial charge in [0, 0.05) is 17.4 Å². The maximum absolute atomic E-state index is 13.3. The number of hydrogen-bond donors (Lipinski definition) is 3. The number of rotatable bonds is 3. The van der Waals surface area contributed by atoms with Crippen LogP contribution in [0.15, 0.2) is 23.3 Å². The molecule has 7 heteroatoms. The minimum atomic E-state index is -1.14. The van der Waals surface area contributed by atoms with E-state index in [1.807, 2.05) is 13.8 Å². The van der Waals surface area contributed by atoms with Crippen LogP contribution in [-0.4, -0.2) is 63.2 Å². The number of aliphatic hydroxyl groups excluding tert-OH is 2. The van der Waals surface area contributed by atoms with Crippen molar-refractivity contribution in [3.05, 3.63) is 23.3 Å². The van der Waals surface area contributed by atoms with E-state index < -0.39 is 28.1 Å². The molecule has 7 nitrogen and oxygen atoms in total. The summed E-state index contributed by atoms with van der Waals surface area (Å²) in [4.78, 5) is 25.8. The first kappa shape index (κ1) is 23.8. The summed E-state index contributed by atoms with van der Waals surface area (Å²) in [5.41, 5.74) is -1.94. The summed E-state index contributed by atoms with van der Waals surface area (Å²) in [6.07, 6.45) is 5.47. The third-order valence-electron chi connectivity index (χ3n) is 11.8. The highest BCUT2D eigenvalue weighted by molar-refractivity contribution is 5.98. The van der Waals surface area contributed by atoms with Crippen molar-refractivity contribution >= 4 is 11.8 Å². The number of aliphatic hydroxyl groups is 3. The van der Waals surface area contributed by atoms with E-state index in [1.54, 1.807) is 13.0 Å². The van der Waals surface area contributed by atoms with Crippen LogP contribution in [0, 0.1) is 34.5 Å². The molecule has 3 unspecified atom stereocenters. The molecule has 6 rings (SSSR count). The number of allylic oxidation sites excluding steroid dienone is 1. The summed E-state index contributed by atoms with van der Waals surface area (Å²) in [6, 6.07) is 0. The van der Waals surface area contributed by atoms with E-state index in [2.05, 4.69) is 6.92 Å². The van der Waals surface area contributed by atoms with Crippen molar-refractivity contribution in [3.8, 4) is 0 Å². The van der Waals surface area contributed by atoms with Gasteiger partial charge in [0.05, 0.1) is 23.7 Å². The van der Waals surface area contributed by atoms with E-state index in [1.165, 1.54) is 6.08 Å². The van der Waals surface area contributed by atoms with E-state index in [9.17, 15) is 24.9 Å². The van der Waals surface area contributed by atoms with Crippen LogP contribution in [0.5, 0.6) is 0 Å². The van der Waals surface area contributed by atoms with Gasteiger partial charge in [-0.15, -0.1) is 0 Å². The molecule has 2 heterocycles. The fourth-order valence-electron chi connectivity index (χ4n) is 9.56. The van der Waals surface area contributed by atoms with Crippen molar-refractivity contribution in [1.29, 1.82) is 0 Å². The highest BCUT2D eigenvalue weighted by Gasteiger charge is 2.82. The summed E-state index contributed by atoms with van der Waals surface area (Å²) in [5.74, 6) is -0.662. The molecule has 11 atom stereocenters. The predicted octanol–water partition coefficient (Wildman–Crippen LogP) is 2.47. The van der Waals surface area contributed by atoms with E-state index in [-0.39, 0.29) is 54.2 Å². The Morgan fingerprint density at radius 1 is 1.17 bits per heavy atom. The molecule has 192 valence electrons. The lowest BCUT2D eigenvalue weighted by molar-refractivity contribution is -0.219. The largest absolute Gasteiger partial charge is 0.458 e. The molecule has 0 bridgehead atoms. The van der Waals surface area contributed by atoms with E-state index in [0.29, 0.717) is 37.7 Å². The molecule has 1 saturated heterocycles. The van der Waals surface area contributed by atoms with Gasteiger partial charge in [-0.05, 0) is 88.7 Å². The molecular weight excluding hydrogens is 448 g/mol. The first-order chi connectivity index (χ1) is 16.5. The predicted molar refractivity (Wildman–Crippen MR) is 126 cm³/mol. The number of ketones is 1. The van der Waals surface area contributed by atoms with Crippen molar-refractivity contribution in [3.63, 3.8) is 0 Å². The number of epoxide rings is 1. The molecule has 3 N–H and O–H groups in total. The maximum Gasteiger partial charge on any atom is 0.333 e. The van der Waals surface area contributed by atoms with Crippen molar-refractivity contribution in [2.75, 3.05) is 6.61 Å². The molecule has 35 heavy (non-hydrogen) atoms. The molecule has 0 aromatic carbocycles. The number of carbonyl (C=O) groups excluding carboxylic acids is 2. The Balaban J connectivity index is 1.35. The topological polar surface area (TPSA) is 117 Å². The molecule has 4 fully saturated rings. The van der Waals surface area contributed by atoms with Gasteiger partial charge >= 0.3 is 5.97 Å². The Morgan fingerprint density at radius 3 is 2.60 bits per heavy atom. The lowest BCUT2D eigenvalue weighted by atomic mass is 9.42. The molecular formula is C28H38O7. The van der Waals surface area contributed by atoms with Crippen LogP contribution in [0.2, 0.25) is 0 Å². The van der Waals surface area contributed by atoms with Gasteiger partial charge in [0.15, 0.2) is 5.78 Å². The summed E-state index contributed by atoms with van der Waals surface area (Å²) in [5, 5.41) is 34.2. The second-order valence-electron chi connectivity index (χ2n) is 12.6. The highest BCUT2D eigenvalue weighted by atomic mass is 16.6. The highest BCUT2D eigenvalue weighted by Crippen LogP contribution is 2.74. The molecule has 0 amide bonds. The van der Waals surface area contributed by atoms with Gasteiger partial charge in [-0.3, -0.25) is 4.79 Å². The van der Waals surface area contributed by atoms with E-state index in [0.717, 1.165) is 12.0 Å². The van der Waals surface area contributed by atoms with Crippen molar-refractivity contribution in [2.45, 2.75) is 95.7 Å². The van der Waals surface area contributed by atoms with Gasteiger partial charge in [0.25, 0.3) is 0 Å². The Morgan fingerprint density at radius 2 is 1.91 bits per heavy atom. The second kappa shape index (κ2) is 7.27. The minimum absolute atomic E-state index is 0.00499. The number of hydrogen-bond acceptors (Lipinski definition) is 7. The third kappa shape index (κ3) is 2.61. The average Bonchev–Trinajstić information content (AvgIpc) is 3.49. The summed E-state index contributed by atoms with van der Waals surface area (Å²) in [7, 11) is 0. The monoisotopic (exact) mass is 486 g/mol. The SMILES string of the molecule is CC1=C(C)C(=O)O[C@@H]([C@@H](C)C2CC[C@@]3(O)C4C[C@H]5O[C@]56[C@@H](O)C=CC(=O)[C@]6(C)C4CC[C@]23CO)C1. The molecule has 1 spiro atoms. The number of ether oxygens (including phenoxy) is 2. The Kier molecular flexibility index (Phi) is 4.95. The first-order valence-corrected chi connectivity index (χ1v) is 13.3. The second-order valence-corrected chi connectivity index (χ2v) is 12.6. The first-order valence-electron chi connectivity index (χ1n) is 13.3. The van der Waals surface area contributed by atoms with Crippen LogP contribution >= 0.6 is 0 Å². The summed E-state index contributed by atoms with van der Waals surface area (Å²) >= 11 is 0. The van der Waals surface area contributed by atoms with Gasteiger partial charge in [-0.2, -0.15) is 0 Å². The van der Waals surface area contributed by atoms with Gasteiger partial charge in [-0.1, -0.05) is 12.5 Å². The maximum atomic E-state index is 13.3. The Labute approximate surface area is 206 Å². The zero-order valence-electron chi connectivity index (χ0n) is 21.1. The standard InChI is InChI=1S/C28H38O7/c1-14-11-20(34-24(32)15(14)2)16(3)17-8-10-27(33)19-12-23-28(35-23)22(31)6-5-21(30)25(28,4)18(19)7-9-26(17,27)13-29/h5-6,16-20,22-23,29,31,33H,7-13H2,1-4H3/t16-,17?,18?,19?,20+,22-,23+,25-,26-,27+,28+/m0/s1. The average molecular weight is 487 g/mol. The number of cyclic esters (lactones) is 1. The van der Waals surface area contributed by atoms with Gasteiger partial charge in [0.2, 0.25) is 0 Å². The number of fused-ring (bicyclic) bond motifs is 4. The minimum Gasteiger partial charge on any atom is -0.458 e. The quantitative estimate of drug-likeness (QED) is 0.414. The van der Waals surface area contributed by atoms with Gasteiger partial charge in [-0.25, -0.2) is 4.79 Å². The summed E-state index contributed by atoms with van der Waals surface area (Å²) < 4.78 is 12.0. The molecule has 0 aromatic rings. The molecule has 0 radical (unpaired) electrons. The normalized spacial score (nSPS) is 53.3. The van der Waals surface area contributed by atoms with Crippen LogP contribution in [0.3, 0.4) is 0 Å². The molecule has 0 aromatic heterocycles. The lowest BCUT2D eigenvalue weighted by Crippen LogP contribution is -2.69. The van der Waals surface area contributed by atoms with Gasteiger partial charge in [0.1, 0.15) is 17.8 Å². The van der Waals surface area contributed by atoms with Crippen molar-refractivity contribution in [1.82, 2.24) is 0 Å².